The Morgan fingerprint density at radius 1 is 0.504 bits per heavy atom. The molecule has 746 valence electrons. The molecule has 2 aliphatic heterocycles. The molecule has 3 heterocycles. The molecule has 2 unspecified atom stereocenters. The van der Waals surface area contributed by atoms with E-state index in [0.717, 1.165) is 13.8 Å². The van der Waals surface area contributed by atoms with Crippen LogP contribution >= 0.6 is 0 Å². The van der Waals surface area contributed by atoms with E-state index in [9.17, 15) is 63.0 Å². The lowest BCUT2D eigenvalue weighted by Crippen LogP contribution is -2.67. The number of carbonyl (C=O) groups is 18. The van der Waals surface area contributed by atoms with Crippen LogP contribution in [0.3, 0.4) is 0 Å². The topological polar surface area (TPSA) is 672 Å². The highest BCUT2D eigenvalue weighted by molar-refractivity contribution is 6.42. The number of aliphatic hydroxyl groups excluding tert-OH is 2. The summed E-state index contributed by atoms with van der Waals surface area (Å²) in [5, 5.41) is 54.3. The van der Waals surface area contributed by atoms with Crippen molar-refractivity contribution in [3.63, 3.8) is 0 Å². The van der Waals surface area contributed by atoms with E-state index < -0.39 is 239 Å². The first kappa shape index (κ1) is 114. The average molecular weight is 1890 g/mol. The molecule has 15 atom stereocenters. The molecular weight excluding hydrogens is 1740 g/mol. The Labute approximate surface area is 788 Å². The van der Waals surface area contributed by atoms with E-state index in [1.54, 1.807) is 108 Å². The predicted molar refractivity (Wildman–Crippen MR) is 504 cm³/mol. The molecule has 2 aliphatic rings. The molecule has 0 aliphatic carbocycles. The van der Waals surface area contributed by atoms with Gasteiger partial charge in [-0.1, -0.05) is 127 Å². The fourth-order valence-electron chi connectivity index (χ4n) is 15.8. The van der Waals surface area contributed by atoms with Crippen molar-refractivity contribution in [2.24, 2.45) is 40.7 Å². The van der Waals surface area contributed by atoms with Crippen molar-refractivity contribution in [2.45, 2.75) is 332 Å². The average Bonchev–Trinajstić information content (AvgIpc) is 1.79. The van der Waals surface area contributed by atoms with E-state index in [1.165, 1.54) is 13.8 Å². The number of hydrogen-bond acceptors (Lipinski definition) is 27. The number of hydrazine groups is 3. The summed E-state index contributed by atoms with van der Waals surface area (Å²) in [6.07, 6.45) is 6.48. The fourth-order valence-corrected chi connectivity index (χ4v) is 15.8. The van der Waals surface area contributed by atoms with Crippen LogP contribution in [0.1, 0.15) is 241 Å². The van der Waals surface area contributed by atoms with Crippen molar-refractivity contribution in [3.8, 4) is 0 Å². The van der Waals surface area contributed by atoms with E-state index in [-0.39, 0.29) is 133 Å². The molecule has 1 spiro atoms. The number of primary amides is 3. The Bertz CT molecular complexity index is 4650. The number of amides is 11. The van der Waals surface area contributed by atoms with Crippen molar-refractivity contribution in [2.75, 3.05) is 13.2 Å². The monoisotopic (exact) mass is 1890 g/mol. The standard InChI is InChI=1S/C94H145N21O20/c1-54(2)46-67-79(124)80(125)68(47-55(3)4)110-113-92(10,58(8)118)41-27-18-14-12-13-15-20-29-43-94(90(135)108-72(51-76(97)122)88(133)105-70(48-56(5)6)86(131)106-71(50-61-52-101-63-35-26-25-34-62(61)63)87(132)103-65(84(129)104-67)36-31-45-100-91(98)99)44-30-21-17-16-19-28-42-93(11,114-112-73(53-116)82(127)78(123)64(102-59(9)119)37-39-74(95)120)89(134)107-66(38-40-75(96)121)85(130)109-77(57(7)117)83(128)81(126)69(111-115-94)49-60-32-23-22-24-33-60/h13,15-17,22-26,32-35,52,54-57,64-73,77,101,110-117H,12,14,18-21,27-31,36-51,53H2,1-11H3,(H2,95,120)(H2,96,121)(H2,97,122)(H,102,119)(H,103,132)(H,104,129)(H,105,133)(H,106,131)(H,107,134)(H,108,135)(H,109,130)(H4,98,99,100)/b15-13?,17-16-/t57-,64+,65?,66+,67+,68+,69+,70?,71+,72+,73+,77+,92+,93-,94-/m1/s1. The first-order chi connectivity index (χ1) is 63.7. The van der Waals surface area contributed by atoms with Gasteiger partial charge < -0.3 is 86.0 Å². The molecule has 0 bridgehead atoms. The predicted octanol–water partition coefficient (Wildman–Crippen LogP) is 0.282. The second-order valence-electron chi connectivity index (χ2n) is 36.9. The largest absolute Gasteiger partial charge is 0.394 e. The lowest BCUT2D eigenvalue weighted by Gasteiger charge is -2.37. The number of para-hydroxylation sites is 1. The minimum Gasteiger partial charge on any atom is -0.394 e. The Kier molecular flexibility index (Phi) is 47.7. The Balaban J connectivity index is 1.74. The highest BCUT2D eigenvalue weighted by Crippen LogP contribution is 2.28. The molecule has 5 rings (SSSR count). The van der Waals surface area contributed by atoms with Crippen molar-refractivity contribution in [3.05, 3.63) is 96.2 Å². The number of nitrogens with one attached hydrogen (secondary N) is 17. The van der Waals surface area contributed by atoms with Gasteiger partial charge in [-0.3, -0.25) is 91.7 Å². The van der Waals surface area contributed by atoms with Gasteiger partial charge in [0, 0.05) is 49.8 Å². The zero-order valence-corrected chi connectivity index (χ0v) is 79.6. The molecule has 0 radical (unpaired) electrons. The Morgan fingerprint density at radius 3 is 1.59 bits per heavy atom. The van der Waals surface area contributed by atoms with Crippen LogP contribution in [0.4, 0.5) is 0 Å². The van der Waals surface area contributed by atoms with Crippen molar-refractivity contribution in [1.82, 2.24) is 85.4 Å². The number of Topliss-reactive ketones (excluding diaryl/α,β-unsaturated/α-hetero) is 7. The Hall–Kier alpha value is -11.7. The molecule has 2 aromatic carbocycles. The maximum atomic E-state index is 16.3. The number of H-pyrrole nitrogens is 1. The summed E-state index contributed by atoms with van der Waals surface area (Å²) in [5.41, 5.74) is 36.4. The zero-order chi connectivity index (χ0) is 100. The first-order valence-electron chi connectivity index (χ1n) is 46.6. The quantitative estimate of drug-likeness (QED) is 0.00997. The van der Waals surface area contributed by atoms with Crippen LogP contribution in [0.2, 0.25) is 0 Å². The van der Waals surface area contributed by atoms with Gasteiger partial charge in [0.15, 0.2) is 11.7 Å². The highest BCUT2D eigenvalue weighted by atomic mass is 16.3. The summed E-state index contributed by atoms with van der Waals surface area (Å²) in [4.78, 5) is 262. The van der Waals surface area contributed by atoms with Crippen LogP contribution in [0, 0.1) is 23.2 Å². The second-order valence-corrected chi connectivity index (χ2v) is 36.9. The number of fused-ring (bicyclic) bond motifs is 1. The van der Waals surface area contributed by atoms with Crippen LogP contribution in [0.5, 0.6) is 0 Å². The summed E-state index contributed by atoms with van der Waals surface area (Å²) >= 11 is 0. The molecule has 0 saturated carbocycles. The van der Waals surface area contributed by atoms with E-state index >= 15 is 33.6 Å². The number of aliphatic hydroxyl groups is 2. The van der Waals surface area contributed by atoms with E-state index in [4.69, 9.17) is 28.3 Å². The zero-order valence-electron chi connectivity index (χ0n) is 79.6. The summed E-state index contributed by atoms with van der Waals surface area (Å²) in [6.45, 7) is 16.2. The molecule has 1 aromatic heterocycles. The lowest BCUT2D eigenvalue weighted by molar-refractivity contribution is -0.143. The van der Waals surface area contributed by atoms with Gasteiger partial charge >= 0.3 is 0 Å². The number of hydrogen-bond donors (Lipinski definition) is 23. The molecule has 41 heteroatoms. The van der Waals surface area contributed by atoms with Gasteiger partial charge in [-0.2, -0.15) is 0 Å². The smallest absolute Gasteiger partial charge is 0.243 e. The number of benzene rings is 2. The molecular formula is C94H145N21O20. The van der Waals surface area contributed by atoms with Crippen LogP contribution in [-0.2, 0) is 99.1 Å². The molecule has 27 N–H and O–H groups in total. The summed E-state index contributed by atoms with van der Waals surface area (Å²) < 4.78 is 0. The summed E-state index contributed by atoms with van der Waals surface area (Å²) in [5.74, 6) is -19.5. The minimum atomic E-state index is -2.13. The van der Waals surface area contributed by atoms with Crippen molar-refractivity contribution >= 4 is 122 Å². The number of allylic oxidation sites excluding steroid dienone is 4. The van der Waals surface area contributed by atoms with Crippen molar-refractivity contribution in [1.29, 1.82) is 5.41 Å². The van der Waals surface area contributed by atoms with Gasteiger partial charge in [-0.25, -0.2) is 32.6 Å². The maximum absolute atomic E-state index is 16.3. The number of carbonyl (C=O) groups excluding carboxylic acids is 18. The molecule has 41 nitrogen and oxygen atoms in total. The van der Waals surface area contributed by atoms with Crippen LogP contribution < -0.4 is 103 Å². The lowest BCUT2D eigenvalue weighted by atomic mass is 9.85. The molecule has 3 aromatic rings. The van der Waals surface area contributed by atoms with Crippen LogP contribution in [0.25, 0.3) is 10.9 Å². The maximum Gasteiger partial charge on any atom is 0.243 e. The second kappa shape index (κ2) is 56.6. The van der Waals surface area contributed by atoms with Gasteiger partial charge in [-0.05, 0) is 191 Å². The summed E-state index contributed by atoms with van der Waals surface area (Å²) in [7, 11) is 0. The minimum absolute atomic E-state index is 0.0280. The summed E-state index contributed by atoms with van der Waals surface area (Å²) in [6, 6.07) is -2.96. The van der Waals surface area contributed by atoms with E-state index in [2.05, 4.69) is 85.4 Å². The fraction of sp³-hybridized carbons (Fsp3) is 0.606. The molecule has 0 fully saturated rings. The van der Waals surface area contributed by atoms with Crippen LogP contribution in [-0.4, -0.2) is 229 Å². The number of ketones is 7. The molecule has 0 saturated heterocycles. The van der Waals surface area contributed by atoms with Gasteiger partial charge in [0.2, 0.25) is 99.7 Å². The van der Waals surface area contributed by atoms with Gasteiger partial charge in [0.1, 0.15) is 53.4 Å². The third-order valence-corrected chi connectivity index (χ3v) is 23.8. The van der Waals surface area contributed by atoms with Gasteiger partial charge in [-0.15, -0.1) is 0 Å². The number of nitrogens with two attached hydrogens (primary N) is 4. The SMILES string of the molecule is CC(=O)N[C@@H](CCC(N)=O)C(=O)C(=O)[C@H](CO)NN[C@]1(C)CCC/C=C\CCC[C@@]2(CCCC=CCCCCC[C@@](C)(C(C)=O)NN[C@@H](CC(C)C)C(=O)C(=O)[C@H](CC(C)C)NC(=O)C(CCCNC(=N)N)NC(=O)[C@H](Cc3c[nH]c4ccccc34)NC(=O)C(CC(C)C)NC(=O)[C@H](CC(N)=O)NC2=O)NN[C@@H](Cc2ccccc2)C(=O)C(=O)[C@H]([C@@H](C)O)NC(=O)[C@H](CCC(N)=O)NC1=O. The highest BCUT2D eigenvalue weighted by Gasteiger charge is 2.46. The van der Waals surface area contributed by atoms with Crippen molar-refractivity contribution < 1.29 is 96.5 Å². The van der Waals surface area contributed by atoms with E-state index in [0.29, 0.717) is 47.7 Å². The third kappa shape index (κ3) is 38.2. The van der Waals surface area contributed by atoms with Crippen LogP contribution in [0.15, 0.2) is 85.1 Å². The molecule has 11 amide bonds. The normalized spacial score (nSPS) is 25.4. The number of aromatic nitrogens is 1. The molecule has 135 heavy (non-hydrogen) atoms. The van der Waals surface area contributed by atoms with Gasteiger partial charge in [0.05, 0.1) is 48.8 Å². The van der Waals surface area contributed by atoms with Gasteiger partial charge in [0.25, 0.3) is 0 Å². The number of aromatic amines is 1. The first-order valence-corrected chi connectivity index (χ1v) is 46.6. The number of rotatable bonds is 32. The Morgan fingerprint density at radius 2 is 1.01 bits per heavy atom. The number of guanidine groups is 1. The third-order valence-electron chi connectivity index (χ3n) is 23.8. The van der Waals surface area contributed by atoms with E-state index in [1.807, 2.05) is 26.0 Å².